The summed E-state index contributed by atoms with van der Waals surface area (Å²) in [7, 11) is 4.35. The molecule has 0 aliphatic carbocycles. The number of halogens is 3. The standard InChI is InChI=1S/C25H23F2N7OS.C7H12FN.CH4O/c1-5-18(35)34-9-8-13(12-34)33(4)25(31-3)16-11-32-22(20(27)21(16)30-2)14-6-7-17(26)23-19(14)15(10-28)24(29)36-23;8-6-4-7-2-1-3-9(7)5-6;1-2/h5-7,11,13,29-30H,1,3,8-9,12H2,2,4H3;6-7H,1-5H2;2H,1H3/b22-14-,25-16+,29-24?;;. The highest BCUT2D eigenvalue weighted by molar-refractivity contribution is 8.15. The lowest BCUT2D eigenvalue weighted by molar-refractivity contribution is -0.125. The van der Waals surface area contributed by atoms with Crippen LogP contribution in [-0.4, -0.2) is 108 Å². The zero-order chi connectivity index (χ0) is 34.4. The van der Waals surface area contributed by atoms with Crippen molar-refractivity contribution in [3.8, 4) is 6.07 Å². The second-order valence-corrected chi connectivity index (χ2v) is 12.3. The number of nitrogens with one attached hydrogen (secondary N) is 2. The summed E-state index contributed by atoms with van der Waals surface area (Å²) < 4.78 is 43.0. The lowest BCUT2D eigenvalue weighted by Gasteiger charge is -2.27. The number of fused-ring (bicyclic) bond motifs is 2. The number of thioether (sulfide) groups is 1. The van der Waals surface area contributed by atoms with Crippen molar-refractivity contribution >= 4 is 46.5 Å². The van der Waals surface area contributed by atoms with Gasteiger partial charge in [0.2, 0.25) is 5.91 Å². The van der Waals surface area contributed by atoms with Gasteiger partial charge in [-0.15, -0.1) is 0 Å². The van der Waals surface area contributed by atoms with Gasteiger partial charge < -0.3 is 20.2 Å². The van der Waals surface area contributed by atoms with Crippen molar-refractivity contribution in [2.75, 3.05) is 52.7 Å². The van der Waals surface area contributed by atoms with Crippen molar-refractivity contribution in [3.63, 3.8) is 0 Å². The van der Waals surface area contributed by atoms with E-state index in [0.717, 1.165) is 31.8 Å². The summed E-state index contributed by atoms with van der Waals surface area (Å²) in [5.74, 6) is -1.08. The molecule has 250 valence electrons. The van der Waals surface area contributed by atoms with Gasteiger partial charge in [0.05, 0.1) is 21.4 Å². The average Bonchev–Trinajstić information content (AvgIpc) is 3.87. The maximum Gasteiger partial charge on any atom is 0.246 e. The molecule has 3 atom stereocenters. The molecule has 3 fully saturated rings. The number of benzene rings is 1. The van der Waals surface area contributed by atoms with E-state index in [1.54, 1.807) is 19.0 Å². The van der Waals surface area contributed by atoms with E-state index in [1.165, 1.54) is 37.2 Å². The Morgan fingerprint density at radius 3 is 2.68 bits per heavy atom. The van der Waals surface area contributed by atoms with Crippen molar-refractivity contribution in [1.82, 2.24) is 19.7 Å². The fraction of sp³-hybridized carbons (Fsp3) is 0.424. The smallest absolute Gasteiger partial charge is 0.246 e. The number of aromatic nitrogens is 1. The molecule has 3 saturated heterocycles. The van der Waals surface area contributed by atoms with Crippen molar-refractivity contribution in [2.45, 2.75) is 48.8 Å². The molecule has 2 aromatic rings. The number of anilines is 1. The summed E-state index contributed by atoms with van der Waals surface area (Å²) in [5.41, 5.74) is 0.0731. The van der Waals surface area contributed by atoms with E-state index >= 15 is 4.39 Å². The number of aliphatic imine (C=N–C) groups is 1. The van der Waals surface area contributed by atoms with E-state index in [1.807, 2.05) is 11.0 Å². The minimum atomic E-state index is -0.714. The number of amides is 1. The number of likely N-dealkylation sites (tertiary alicyclic amines) is 1. The molecule has 6 rings (SSSR count). The number of aliphatic hydroxyl groups is 1. The summed E-state index contributed by atoms with van der Waals surface area (Å²) in [6, 6.07) is 5.01. The monoisotopic (exact) mass is 668 g/mol. The van der Waals surface area contributed by atoms with Gasteiger partial charge in [0.1, 0.15) is 34.3 Å². The molecule has 47 heavy (non-hydrogen) atoms. The van der Waals surface area contributed by atoms with E-state index in [0.29, 0.717) is 43.1 Å². The Kier molecular flexibility index (Phi) is 11.8. The number of alkyl halides is 1. The van der Waals surface area contributed by atoms with Crippen LogP contribution in [0.3, 0.4) is 0 Å². The van der Waals surface area contributed by atoms with Crippen LogP contribution in [-0.2, 0) is 4.79 Å². The minimum Gasteiger partial charge on any atom is -0.400 e. The van der Waals surface area contributed by atoms with Gasteiger partial charge in [0.15, 0.2) is 5.82 Å². The summed E-state index contributed by atoms with van der Waals surface area (Å²) >= 11 is 0.823. The number of carbonyl (C=O) groups is 1. The first-order chi connectivity index (χ1) is 22.6. The molecule has 3 unspecified atom stereocenters. The van der Waals surface area contributed by atoms with Gasteiger partial charge in [-0.3, -0.25) is 20.1 Å². The van der Waals surface area contributed by atoms with Gasteiger partial charge >= 0.3 is 0 Å². The lowest BCUT2D eigenvalue weighted by atomic mass is 10.1. The zero-order valence-corrected chi connectivity index (χ0v) is 27.5. The number of carbonyl (C=O) groups excluding carboxylic acids is 1. The predicted octanol–water partition coefficient (Wildman–Crippen LogP) is 2.73. The average molecular weight is 669 g/mol. The molecule has 4 aliphatic rings. The quantitative estimate of drug-likeness (QED) is 0.328. The summed E-state index contributed by atoms with van der Waals surface area (Å²) in [4.78, 5) is 26.4. The van der Waals surface area contributed by atoms with Crippen molar-refractivity contribution in [3.05, 3.63) is 63.6 Å². The second-order valence-electron chi connectivity index (χ2n) is 11.3. The Labute approximate surface area is 275 Å². The number of hydrogen-bond donors (Lipinski definition) is 3. The Morgan fingerprint density at radius 1 is 1.30 bits per heavy atom. The van der Waals surface area contributed by atoms with Gasteiger partial charge in [-0.2, -0.15) is 5.26 Å². The molecule has 14 heteroatoms. The van der Waals surface area contributed by atoms with Gasteiger partial charge in [-0.25, -0.2) is 18.2 Å². The fourth-order valence-corrected chi connectivity index (χ4v) is 7.47. The third kappa shape index (κ3) is 7.07. The largest absolute Gasteiger partial charge is 0.400 e. The summed E-state index contributed by atoms with van der Waals surface area (Å²) in [6.07, 6.45) is 6.22. The molecule has 0 saturated carbocycles. The first-order valence-electron chi connectivity index (χ1n) is 15.2. The van der Waals surface area contributed by atoms with Gasteiger partial charge in [0, 0.05) is 69.6 Å². The first kappa shape index (κ1) is 35.7. The first-order valence-corrected chi connectivity index (χ1v) is 16.0. The SMILES string of the molecule is C=CC(=O)N1CCC(N(C)/C(N=C)=c2\cn/c(=c3/ccc(F)c4c3=C(C#N)C(=N)S4)c(F)c2NC)C1.CO.FC1CC2CCCN2C1. The predicted molar refractivity (Wildman–Crippen MR) is 178 cm³/mol. The highest BCUT2D eigenvalue weighted by Gasteiger charge is 2.35. The van der Waals surface area contributed by atoms with Crippen LogP contribution in [0.2, 0.25) is 0 Å². The van der Waals surface area contributed by atoms with Crippen molar-refractivity contribution in [2.24, 2.45) is 4.99 Å². The Bertz CT molecular complexity index is 1820. The molecule has 1 aromatic heterocycles. The van der Waals surface area contributed by atoms with Crippen LogP contribution >= 0.6 is 11.8 Å². The van der Waals surface area contributed by atoms with Crippen molar-refractivity contribution < 1.29 is 23.1 Å². The van der Waals surface area contributed by atoms with Crippen LogP contribution in [0.4, 0.5) is 18.9 Å². The molecule has 1 aromatic carbocycles. The Hall–Kier alpha value is -4.19. The Balaban J connectivity index is 0.000000383. The highest BCUT2D eigenvalue weighted by atomic mass is 32.2. The maximum atomic E-state index is 15.9. The number of aliphatic hydroxyl groups excluding tert-OH is 1. The van der Waals surface area contributed by atoms with Crippen LogP contribution in [0.15, 0.2) is 40.9 Å². The number of nitrogens with zero attached hydrogens (tertiary/aromatic N) is 6. The molecular weight excluding hydrogens is 629 g/mol. The number of nitriles is 1. The molecule has 4 aliphatic heterocycles. The number of likely N-dealkylation sites (N-methyl/N-ethyl adjacent to an activating group) is 1. The molecule has 3 N–H and O–H groups in total. The van der Waals surface area contributed by atoms with Crippen molar-refractivity contribution in [1.29, 1.82) is 10.7 Å². The third-order valence-electron chi connectivity index (χ3n) is 8.81. The number of hydrogen-bond acceptors (Lipinski definition) is 10. The highest BCUT2D eigenvalue weighted by Crippen LogP contribution is 2.30. The third-order valence-corrected chi connectivity index (χ3v) is 9.82. The zero-order valence-electron chi connectivity index (χ0n) is 26.7. The molecule has 0 bridgehead atoms. The van der Waals surface area contributed by atoms with Crippen LogP contribution in [0.25, 0.3) is 11.4 Å². The maximum absolute atomic E-state index is 15.9. The van der Waals surface area contributed by atoms with Gasteiger partial charge in [0.25, 0.3) is 0 Å². The molecule has 5 heterocycles. The van der Waals surface area contributed by atoms with Crippen LogP contribution in [0.5, 0.6) is 0 Å². The molecule has 0 spiro atoms. The Morgan fingerprint density at radius 2 is 2.04 bits per heavy atom. The lowest BCUT2D eigenvalue weighted by Crippen LogP contribution is -2.37. The summed E-state index contributed by atoms with van der Waals surface area (Å²) in [6.45, 7) is 10.1. The minimum absolute atomic E-state index is 0.0274. The second kappa shape index (κ2) is 15.6. The number of pyridine rings is 1. The van der Waals surface area contributed by atoms with Crippen LogP contribution < -0.4 is 15.8 Å². The molecule has 0 radical (unpaired) electrons. The molecule has 10 nitrogen and oxygen atoms in total. The van der Waals surface area contributed by atoms with Gasteiger partial charge in [-0.05, 0) is 57.2 Å². The normalized spacial score (nSPS) is 22.6. The van der Waals surface area contributed by atoms with E-state index in [4.69, 9.17) is 10.5 Å². The van der Waals surface area contributed by atoms with E-state index in [-0.39, 0.29) is 48.9 Å². The molecule has 1 amide bonds. The molecular formula is C33H39F3N8O2S. The van der Waals surface area contributed by atoms with Crippen LogP contribution in [0.1, 0.15) is 25.7 Å². The van der Waals surface area contributed by atoms with Gasteiger partial charge in [-0.1, -0.05) is 18.3 Å². The van der Waals surface area contributed by atoms with E-state index < -0.39 is 17.8 Å². The van der Waals surface area contributed by atoms with E-state index in [2.05, 4.69) is 33.5 Å². The fourth-order valence-electron chi connectivity index (χ4n) is 6.54. The van der Waals surface area contributed by atoms with Crippen LogP contribution in [0, 0.1) is 38.9 Å². The van der Waals surface area contributed by atoms with E-state index in [9.17, 15) is 18.8 Å². The topological polar surface area (TPSA) is 132 Å². The number of rotatable bonds is 5. The summed E-state index contributed by atoms with van der Waals surface area (Å²) in [5, 5.41) is 28.0.